The van der Waals surface area contributed by atoms with Crippen LogP contribution in [-0.2, 0) is 16.2 Å². The van der Waals surface area contributed by atoms with Crippen LogP contribution in [-0.4, -0.2) is 16.8 Å². The Labute approximate surface area is 438 Å². The standard InChI is InChI=1S/C70H64BN3/c1-67(2,3)51-27-31-53(32-28-51)72(54-33-29-52(30-34-54)68(4,5)6)55-43-62-64-63(44-55)74-66-58(69(7)36-18-19-37-70(69,74)8)40-50(47-24-16-11-17-25-47)42-60(66)71(64)59-41-49(46-22-14-10-15-23-46)39-57-56-38-48(45-20-12-9-13-21-45)26-35-61(56)73(62)65(57)59/h9-17,20-35,38-44H,18-19,36-37H2,1-8H3. The summed E-state index contributed by atoms with van der Waals surface area (Å²) in [6.45, 7) is 19.1. The predicted molar refractivity (Wildman–Crippen MR) is 317 cm³/mol. The highest BCUT2D eigenvalue weighted by Crippen LogP contribution is 2.62. The van der Waals surface area contributed by atoms with Crippen LogP contribution in [0.1, 0.15) is 97.8 Å². The molecule has 10 aromatic rings. The van der Waals surface area contributed by atoms with E-state index in [1.807, 2.05) is 0 Å². The molecule has 0 spiro atoms. The fraction of sp³-hybridized carbons (Fsp3) is 0.229. The molecule has 4 heteroatoms. The topological polar surface area (TPSA) is 11.4 Å². The molecule has 14 rings (SSSR count). The van der Waals surface area contributed by atoms with Gasteiger partial charge in [0, 0.05) is 50.1 Å². The summed E-state index contributed by atoms with van der Waals surface area (Å²) in [5.41, 5.74) is 25.8. The average Bonchev–Trinajstić information content (AvgIpc) is 3.86. The maximum atomic E-state index is 2.90. The molecule has 1 aliphatic carbocycles. The van der Waals surface area contributed by atoms with Crippen molar-refractivity contribution in [1.82, 2.24) is 4.57 Å². The Bertz CT molecular complexity index is 3820. The third-order valence-electron chi connectivity index (χ3n) is 18.2. The highest BCUT2D eigenvalue weighted by Gasteiger charge is 2.61. The number of hydrogen-bond donors (Lipinski definition) is 0. The van der Waals surface area contributed by atoms with Gasteiger partial charge in [0.15, 0.2) is 0 Å². The van der Waals surface area contributed by atoms with Crippen LogP contribution in [0.5, 0.6) is 0 Å². The van der Waals surface area contributed by atoms with Gasteiger partial charge in [-0.15, -0.1) is 0 Å². The van der Waals surface area contributed by atoms with Crippen LogP contribution >= 0.6 is 0 Å². The molecular formula is C70H64BN3. The number of nitrogens with zero attached hydrogens (tertiary/aromatic N) is 3. The first-order valence-electron chi connectivity index (χ1n) is 27.2. The summed E-state index contributed by atoms with van der Waals surface area (Å²) < 4.78 is 2.68. The Morgan fingerprint density at radius 3 is 1.55 bits per heavy atom. The number of aromatic nitrogens is 1. The summed E-state index contributed by atoms with van der Waals surface area (Å²) in [6.07, 6.45) is 4.73. The van der Waals surface area contributed by atoms with Crippen molar-refractivity contribution in [2.24, 2.45) is 0 Å². The SMILES string of the molecule is CC(C)(C)c1ccc(N(c2ccc(C(C)(C)C)cc2)c2cc3c4c(c2)-n2c5ccc(-c6ccccc6)cc5c5cc(-c6ccccc6)cc(c52)B4c2cc(-c4ccccc4)cc4c2N3C2(C)CCCCC42C)cc1. The zero-order valence-corrected chi connectivity index (χ0v) is 44.2. The third-order valence-corrected chi connectivity index (χ3v) is 18.2. The van der Waals surface area contributed by atoms with Gasteiger partial charge in [-0.1, -0.05) is 195 Å². The van der Waals surface area contributed by atoms with E-state index in [1.54, 1.807) is 0 Å². The maximum Gasteiger partial charge on any atom is 0.252 e. The molecular weight excluding hydrogens is 894 g/mol. The van der Waals surface area contributed by atoms with E-state index in [9.17, 15) is 0 Å². The minimum absolute atomic E-state index is 0.0165. The Morgan fingerprint density at radius 2 is 0.973 bits per heavy atom. The molecule has 4 aliphatic rings. The molecule has 362 valence electrons. The summed E-state index contributed by atoms with van der Waals surface area (Å²) >= 11 is 0. The Hall–Kier alpha value is -7.56. The number of benzene rings is 9. The van der Waals surface area contributed by atoms with E-state index in [1.165, 1.54) is 124 Å². The minimum atomic E-state index is -0.159. The van der Waals surface area contributed by atoms with Gasteiger partial charge in [-0.3, -0.25) is 0 Å². The third kappa shape index (κ3) is 6.52. The van der Waals surface area contributed by atoms with Crippen molar-refractivity contribution in [2.75, 3.05) is 9.80 Å². The van der Waals surface area contributed by atoms with Crippen LogP contribution in [0.2, 0.25) is 0 Å². The van der Waals surface area contributed by atoms with E-state index in [0.717, 1.165) is 24.2 Å². The molecule has 0 saturated heterocycles. The lowest BCUT2D eigenvalue weighted by Crippen LogP contribution is -2.64. The molecule has 0 N–H and O–H groups in total. The molecule has 2 atom stereocenters. The molecule has 3 nitrogen and oxygen atoms in total. The van der Waals surface area contributed by atoms with Gasteiger partial charge in [0.25, 0.3) is 6.71 Å². The first-order chi connectivity index (χ1) is 35.7. The molecule has 0 amide bonds. The van der Waals surface area contributed by atoms with E-state index in [4.69, 9.17) is 0 Å². The second-order valence-corrected chi connectivity index (χ2v) is 24.5. The normalized spacial score (nSPS) is 18.4. The van der Waals surface area contributed by atoms with Gasteiger partial charge in [0.2, 0.25) is 0 Å². The Kier molecular flexibility index (Phi) is 9.73. The number of anilines is 5. The highest BCUT2D eigenvalue weighted by atomic mass is 15.3. The summed E-state index contributed by atoms with van der Waals surface area (Å²) in [6, 6.07) is 74.7. The fourth-order valence-corrected chi connectivity index (χ4v) is 14.1. The number of rotatable bonds is 6. The highest BCUT2D eigenvalue weighted by molar-refractivity contribution is 7.00. The van der Waals surface area contributed by atoms with Crippen molar-refractivity contribution in [2.45, 2.75) is 103 Å². The summed E-state index contributed by atoms with van der Waals surface area (Å²) in [5.74, 6) is 0. The van der Waals surface area contributed by atoms with Crippen molar-refractivity contribution in [3.05, 3.63) is 211 Å². The van der Waals surface area contributed by atoms with Gasteiger partial charge in [0.1, 0.15) is 0 Å². The quantitative estimate of drug-likeness (QED) is 0.154. The molecule has 2 unspecified atom stereocenters. The second kappa shape index (κ2) is 16.0. The average molecular weight is 958 g/mol. The molecule has 0 bridgehead atoms. The van der Waals surface area contributed by atoms with Crippen molar-refractivity contribution in [3.63, 3.8) is 0 Å². The van der Waals surface area contributed by atoms with Crippen molar-refractivity contribution in [1.29, 1.82) is 0 Å². The lowest BCUT2D eigenvalue weighted by molar-refractivity contribution is 0.195. The Balaban J connectivity index is 1.14. The van der Waals surface area contributed by atoms with Gasteiger partial charge in [-0.2, -0.15) is 0 Å². The summed E-state index contributed by atoms with van der Waals surface area (Å²) in [7, 11) is 0. The molecule has 0 radical (unpaired) electrons. The van der Waals surface area contributed by atoms with Gasteiger partial charge >= 0.3 is 0 Å². The zero-order valence-electron chi connectivity index (χ0n) is 44.2. The van der Waals surface area contributed by atoms with Crippen LogP contribution in [0.15, 0.2) is 194 Å². The summed E-state index contributed by atoms with van der Waals surface area (Å²) in [4.78, 5) is 5.44. The number of fused-ring (bicyclic) bond motifs is 10. The van der Waals surface area contributed by atoms with Gasteiger partial charge in [0.05, 0.1) is 16.7 Å². The van der Waals surface area contributed by atoms with E-state index in [-0.39, 0.29) is 28.5 Å². The van der Waals surface area contributed by atoms with E-state index in [0.29, 0.717) is 0 Å². The molecule has 1 fully saturated rings. The van der Waals surface area contributed by atoms with Crippen LogP contribution in [0.3, 0.4) is 0 Å². The number of hydrogen-bond acceptors (Lipinski definition) is 2. The lowest BCUT2D eigenvalue weighted by Gasteiger charge is -2.52. The lowest BCUT2D eigenvalue weighted by atomic mass is 9.33. The van der Waals surface area contributed by atoms with Crippen LogP contribution in [0.4, 0.5) is 28.4 Å². The van der Waals surface area contributed by atoms with Crippen LogP contribution in [0, 0.1) is 0 Å². The van der Waals surface area contributed by atoms with Crippen molar-refractivity contribution < 1.29 is 0 Å². The van der Waals surface area contributed by atoms with Gasteiger partial charge in [-0.05, 0) is 158 Å². The van der Waals surface area contributed by atoms with E-state index >= 15 is 0 Å². The van der Waals surface area contributed by atoms with Crippen LogP contribution in [0.25, 0.3) is 60.9 Å². The summed E-state index contributed by atoms with van der Waals surface area (Å²) in [5, 5.41) is 2.57. The van der Waals surface area contributed by atoms with Crippen molar-refractivity contribution >= 4 is 73.3 Å². The zero-order chi connectivity index (χ0) is 50.5. The predicted octanol–water partition coefficient (Wildman–Crippen LogP) is 16.7. The monoisotopic (exact) mass is 958 g/mol. The maximum absolute atomic E-state index is 2.90. The molecule has 4 heterocycles. The molecule has 3 aliphatic heterocycles. The van der Waals surface area contributed by atoms with Crippen LogP contribution < -0.4 is 26.2 Å². The fourth-order valence-electron chi connectivity index (χ4n) is 14.1. The minimum Gasteiger partial charge on any atom is -0.335 e. The second-order valence-electron chi connectivity index (χ2n) is 24.5. The first-order valence-corrected chi connectivity index (χ1v) is 27.2. The molecule has 1 saturated carbocycles. The molecule has 74 heavy (non-hydrogen) atoms. The largest absolute Gasteiger partial charge is 0.335 e. The Morgan fingerprint density at radius 1 is 0.459 bits per heavy atom. The molecule has 9 aromatic carbocycles. The van der Waals surface area contributed by atoms with Crippen molar-refractivity contribution in [3.8, 4) is 39.1 Å². The van der Waals surface area contributed by atoms with E-state index < -0.39 is 0 Å². The smallest absolute Gasteiger partial charge is 0.252 e. The molecule has 1 aromatic heterocycles. The first kappa shape index (κ1) is 45.1. The van der Waals surface area contributed by atoms with E-state index in [2.05, 4.69) is 264 Å². The van der Waals surface area contributed by atoms with Gasteiger partial charge < -0.3 is 14.4 Å². The van der Waals surface area contributed by atoms with Gasteiger partial charge in [-0.25, -0.2) is 0 Å².